The summed E-state index contributed by atoms with van der Waals surface area (Å²) in [6.45, 7) is -3.92. The molecule has 0 radical (unpaired) electrons. The van der Waals surface area contributed by atoms with Gasteiger partial charge in [-0.25, -0.2) is 9.13 Å². The van der Waals surface area contributed by atoms with E-state index in [9.17, 15) is 112 Å². The predicted molar refractivity (Wildman–Crippen MR) is 287 cm³/mol. The van der Waals surface area contributed by atoms with Crippen molar-refractivity contribution in [1.29, 1.82) is 0 Å². The lowest BCUT2D eigenvalue weighted by Crippen LogP contribution is -2.62. The molecule has 3 aliphatic rings. The number of phosphoric acid groups is 2. The van der Waals surface area contributed by atoms with Gasteiger partial charge in [0.1, 0.15) is 72.2 Å². The number of nitrogens with two attached hydrogens (primary N) is 2. The third-order valence-electron chi connectivity index (χ3n) is 13.9. The Morgan fingerprint density at radius 1 is 0.535 bits per heavy atom. The molecule has 0 unspecified atom stereocenters. The van der Waals surface area contributed by atoms with E-state index in [4.69, 9.17) is 11.5 Å². The SMILES string of the molecule is C[C@@H](O)[C@H](N)C(=O)N[C@@H](CO)C(=O)N1CCC[C@H]1C(=O)N[C@@H](CO)C(=O)N[C@@H](Cc1ccc(O)cc1)C(=O)N[C@@H](COP(=O)(O)O)C(=O)N1CCC[C@H]1C(=O)N[C@H](C(=O)N[C@@H](COP(=O)(O)O)C(=O)N1CCC[C@H]1C(=O)N[C@@H](CO)C(N)=O)[C@@H](C)O. The Kier molecular flexibility index (Phi) is 26.9. The number of aromatic hydroxyl groups is 1. The molecule has 1 aromatic carbocycles. The van der Waals surface area contributed by atoms with E-state index in [-0.39, 0.29) is 69.5 Å². The van der Waals surface area contributed by atoms with Gasteiger partial charge in [-0.3, -0.25) is 61.8 Å². The topological polar surface area (TPSA) is 589 Å². The van der Waals surface area contributed by atoms with Crippen molar-refractivity contribution in [1.82, 2.24) is 51.9 Å². The molecule has 3 heterocycles. The summed E-state index contributed by atoms with van der Waals surface area (Å²) in [7, 11) is -10.9. The smallest absolute Gasteiger partial charge is 0.469 e. The molecule has 21 N–H and O–H groups in total. The standard InChI is InChI=1S/C47H74N12O25P2/c1-22(63)35(48)43(72)53-29(19-62)45(74)57-13-3-7-33(57)41(70)52-28(18-61)39(68)50-26(16-24-9-11-25(65)12-10-24)38(67)54-30(20-83-85(77,78)79)46(75)59-15-5-8-34(59)42(71)56-36(23(2)64)44(73)55-31(21-84-86(80,81)82)47(76)58-14-4-6-32(58)40(69)51-27(17-60)37(49)66/h9-12,22-23,26-36,60-65H,3-8,13-21,48H2,1-2H3,(H2,49,66)(H,50,68)(H,51,69)(H,52,70)(H,53,72)(H,54,67)(H,55,73)(H,56,71)(H2,77,78,79)(H2,80,81,82)/t22-,23-,26+,27+,28+,29+,30+,31+,32+,33+,34+,35+,36+/m1/s1. The van der Waals surface area contributed by atoms with Crippen molar-refractivity contribution in [3.63, 3.8) is 0 Å². The van der Waals surface area contributed by atoms with Crippen LogP contribution in [0.5, 0.6) is 5.75 Å². The zero-order chi connectivity index (χ0) is 64.5. The monoisotopic (exact) mass is 1270 g/mol. The number of phenolic OH excluding ortho intramolecular Hbond substituents is 1. The van der Waals surface area contributed by atoms with Crippen LogP contribution >= 0.6 is 15.6 Å². The van der Waals surface area contributed by atoms with Gasteiger partial charge in [0.2, 0.25) is 65.0 Å². The average molecular weight is 1270 g/mol. The molecule has 13 atom stereocenters. The maximum atomic E-state index is 14.4. The number of primary amides is 1. The number of carbonyl (C=O) groups excluding carboxylic acids is 11. The minimum atomic E-state index is -5.48. The van der Waals surface area contributed by atoms with Gasteiger partial charge in [0.05, 0.1) is 45.2 Å². The number of nitrogens with zero attached hydrogens (tertiary/aromatic N) is 3. The summed E-state index contributed by atoms with van der Waals surface area (Å²) in [5, 5.41) is 75.7. The maximum absolute atomic E-state index is 14.4. The third kappa shape index (κ3) is 20.7. The van der Waals surface area contributed by atoms with Crippen molar-refractivity contribution in [2.75, 3.05) is 52.7 Å². The number of hydrogen-bond acceptors (Lipinski definition) is 22. The van der Waals surface area contributed by atoms with Crippen molar-refractivity contribution >= 4 is 80.6 Å². The Labute approximate surface area is 489 Å². The Morgan fingerprint density at radius 2 is 0.907 bits per heavy atom. The van der Waals surface area contributed by atoms with Crippen LogP contribution in [-0.4, -0.2) is 261 Å². The number of nitrogens with one attached hydrogen (secondary N) is 7. The number of benzene rings is 1. The molecule has 86 heavy (non-hydrogen) atoms. The van der Waals surface area contributed by atoms with Crippen LogP contribution in [0.25, 0.3) is 0 Å². The molecule has 4 rings (SSSR count). The molecular formula is C47H74N12O25P2. The van der Waals surface area contributed by atoms with Crippen molar-refractivity contribution in [2.45, 2.75) is 137 Å². The van der Waals surface area contributed by atoms with Gasteiger partial charge >= 0.3 is 15.6 Å². The summed E-state index contributed by atoms with van der Waals surface area (Å²) < 4.78 is 32.9. The fraction of sp³-hybridized carbons (Fsp3) is 0.638. The second-order valence-electron chi connectivity index (χ2n) is 20.3. The molecule has 0 aromatic heterocycles. The normalized spacial score (nSPS) is 20.6. The van der Waals surface area contributed by atoms with Crippen molar-refractivity contribution in [3.8, 4) is 5.75 Å². The first kappa shape index (κ1) is 71.6. The van der Waals surface area contributed by atoms with Crippen LogP contribution in [0.4, 0.5) is 0 Å². The Hall–Kier alpha value is -6.83. The number of carbonyl (C=O) groups is 11. The van der Waals surface area contributed by atoms with E-state index in [2.05, 4.69) is 46.3 Å². The van der Waals surface area contributed by atoms with E-state index in [1.165, 1.54) is 31.2 Å². The van der Waals surface area contributed by atoms with Crippen LogP contribution in [0.15, 0.2) is 24.3 Å². The first-order chi connectivity index (χ1) is 40.2. The predicted octanol–water partition coefficient (Wildman–Crippen LogP) is -9.93. The number of amides is 11. The highest BCUT2D eigenvalue weighted by atomic mass is 31.2. The van der Waals surface area contributed by atoms with Gasteiger partial charge in [0.15, 0.2) is 0 Å². The van der Waals surface area contributed by atoms with E-state index in [0.717, 1.165) is 21.6 Å². The quantitative estimate of drug-likeness (QED) is 0.0307. The molecule has 39 heteroatoms. The van der Waals surface area contributed by atoms with Gasteiger partial charge in [-0.15, -0.1) is 0 Å². The van der Waals surface area contributed by atoms with Crippen molar-refractivity contribution in [3.05, 3.63) is 29.8 Å². The summed E-state index contributed by atoms with van der Waals surface area (Å²) in [5.74, 6) is -12.8. The maximum Gasteiger partial charge on any atom is 0.469 e. The highest BCUT2D eigenvalue weighted by Crippen LogP contribution is 2.37. The second kappa shape index (κ2) is 32.2. The fourth-order valence-corrected chi connectivity index (χ4v) is 10.0. The van der Waals surface area contributed by atoms with Crippen LogP contribution in [0, 0.1) is 0 Å². The van der Waals surface area contributed by atoms with E-state index < -0.39 is 199 Å². The molecule has 3 aliphatic heterocycles. The van der Waals surface area contributed by atoms with E-state index in [0.29, 0.717) is 0 Å². The summed E-state index contributed by atoms with van der Waals surface area (Å²) in [6, 6.07) is -13.9. The van der Waals surface area contributed by atoms with Crippen molar-refractivity contribution < 1.29 is 121 Å². The molecule has 3 fully saturated rings. The number of aliphatic hydroxyl groups excluding tert-OH is 5. The fourth-order valence-electron chi connectivity index (χ4n) is 9.35. The average Bonchev–Trinajstić information content (AvgIpc) is 2.32. The van der Waals surface area contributed by atoms with Gasteiger partial charge in [0, 0.05) is 26.1 Å². The number of aliphatic hydroxyl groups is 5. The highest BCUT2D eigenvalue weighted by Gasteiger charge is 2.45. The van der Waals surface area contributed by atoms with Gasteiger partial charge in [-0.2, -0.15) is 0 Å². The first-order valence-corrected chi connectivity index (χ1v) is 29.7. The zero-order valence-corrected chi connectivity index (χ0v) is 48.2. The van der Waals surface area contributed by atoms with Gasteiger partial charge in [0.25, 0.3) is 0 Å². The van der Waals surface area contributed by atoms with E-state index in [1.54, 1.807) is 0 Å². The van der Waals surface area contributed by atoms with E-state index >= 15 is 0 Å². The first-order valence-electron chi connectivity index (χ1n) is 26.7. The number of hydrogen-bond donors (Lipinski definition) is 19. The molecular weight excluding hydrogens is 1190 g/mol. The molecule has 0 bridgehead atoms. The van der Waals surface area contributed by atoms with Gasteiger partial charge < -0.3 is 114 Å². The Balaban J connectivity index is 1.56. The zero-order valence-electron chi connectivity index (χ0n) is 46.4. The summed E-state index contributed by atoms with van der Waals surface area (Å²) in [4.78, 5) is 190. The minimum absolute atomic E-state index is 0.00652. The van der Waals surface area contributed by atoms with Gasteiger partial charge in [-0.1, -0.05) is 12.1 Å². The lowest BCUT2D eigenvalue weighted by molar-refractivity contribution is -0.145. The molecule has 482 valence electrons. The highest BCUT2D eigenvalue weighted by molar-refractivity contribution is 7.46. The summed E-state index contributed by atoms with van der Waals surface area (Å²) in [6.07, 6.45) is -3.53. The van der Waals surface area contributed by atoms with Gasteiger partial charge in [-0.05, 0) is 70.1 Å². The molecule has 0 saturated carbocycles. The molecule has 0 aliphatic carbocycles. The number of phosphoric ester groups is 2. The Morgan fingerprint density at radius 3 is 1.30 bits per heavy atom. The molecule has 11 amide bonds. The number of rotatable bonds is 31. The minimum Gasteiger partial charge on any atom is -0.508 e. The largest absolute Gasteiger partial charge is 0.508 e. The van der Waals surface area contributed by atoms with Crippen LogP contribution in [-0.2, 0) is 77.3 Å². The van der Waals surface area contributed by atoms with E-state index in [1.807, 2.05) is 0 Å². The third-order valence-corrected chi connectivity index (χ3v) is 14.9. The van der Waals surface area contributed by atoms with Crippen LogP contribution < -0.4 is 48.7 Å². The molecule has 0 spiro atoms. The summed E-state index contributed by atoms with van der Waals surface area (Å²) >= 11 is 0. The van der Waals surface area contributed by atoms with Crippen LogP contribution in [0.3, 0.4) is 0 Å². The lowest BCUT2D eigenvalue weighted by atomic mass is 10.0. The molecule has 37 nitrogen and oxygen atoms in total. The van der Waals surface area contributed by atoms with Crippen LogP contribution in [0.2, 0.25) is 0 Å². The Bertz CT molecular complexity index is 2720. The summed E-state index contributed by atoms with van der Waals surface area (Å²) in [5.41, 5.74) is 11.1. The number of likely N-dealkylation sites (tertiary alicyclic amines) is 3. The molecule has 1 aromatic rings. The molecule has 3 saturated heterocycles. The second-order valence-corrected chi connectivity index (χ2v) is 22.8. The lowest BCUT2D eigenvalue weighted by Gasteiger charge is -2.32. The van der Waals surface area contributed by atoms with Crippen molar-refractivity contribution in [2.24, 2.45) is 11.5 Å². The van der Waals surface area contributed by atoms with Crippen LogP contribution in [0.1, 0.15) is 57.9 Å². The number of phenols is 1.